The highest BCUT2D eigenvalue weighted by Gasteiger charge is 2.33. The number of nitro groups is 1. The number of non-ortho nitro benzene ring substituents is 1. The number of anilines is 1. The van der Waals surface area contributed by atoms with E-state index >= 15 is 0 Å². The molecular weight excluding hydrogens is 520 g/mol. The molecule has 1 N–H and O–H groups in total. The topological polar surface area (TPSA) is 126 Å². The van der Waals surface area contributed by atoms with Gasteiger partial charge in [-0.05, 0) is 58.5 Å². The second kappa shape index (κ2) is 11.3. The molecule has 0 spiro atoms. The van der Waals surface area contributed by atoms with Crippen molar-refractivity contribution in [2.45, 2.75) is 25.9 Å². The van der Waals surface area contributed by atoms with Gasteiger partial charge < -0.3 is 9.88 Å². The van der Waals surface area contributed by atoms with Gasteiger partial charge in [-0.2, -0.15) is 0 Å². The van der Waals surface area contributed by atoms with Crippen LogP contribution in [-0.4, -0.2) is 61.2 Å². The first kappa shape index (κ1) is 26.3. The fourth-order valence-electron chi connectivity index (χ4n) is 5.57. The monoisotopic (exact) mass is 550 g/mol. The second-order valence-corrected chi connectivity index (χ2v) is 10.3. The number of nitro benzene ring substituents is 1. The molecule has 1 saturated heterocycles. The molecular formula is C30H30N8O3. The van der Waals surface area contributed by atoms with E-state index < -0.39 is 11.0 Å². The van der Waals surface area contributed by atoms with Crippen LogP contribution in [-0.2, 0) is 13.0 Å². The highest BCUT2D eigenvalue weighted by atomic mass is 16.6. The number of hydrogen-bond donors (Lipinski definition) is 1. The van der Waals surface area contributed by atoms with Crippen LogP contribution in [0.15, 0.2) is 83.7 Å². The number of hydrogen-bond acceptors (Lipinski definition) is 8. The zero-order chi connectivity index (χ0) is 28.3. The lowest BCUT2D eigenvalue weighted by Crippen LogP contribution is -2.49. The summed E-state index contributed by atoms with van der Waals surface area (Å²) in [7, 11) is 0. The summed E-state index contributed by atoms with van der Waals surface area (Å²) in [6.45, 7) is 5.24. The maximum Gasteiger partial charge on any atom is 0.269 e. The molecule has 2 aromatic heterocycles. The Bertz CT molecular complexity index is 1720. The van der Waals surface area contributed by atoms with E-state index in [0.717, 1.165) is 28.6 Å². The van der Waals surface area contributed by atoms with Crippen LogP contribution in [0, 0.1) is 17.0 Å². The number of aryl methyl sites for hydroxylation is 3. The van der Waals surface area contributed by atoms with E-state index in [4.69, 9.17) is 0 Å². The quantitative estimate of drug-likeness (QED) is 0.228. The summed E-state index contributed by atoms with van der Waals surface area (Å²) in [5.74, 6) is 0.627. The van der Waals surface area contributed by atoms with E-state index in [1.807, 2.05) is 49.4 Å². The van der Waals surface area contributed by atoms with Gasteiger partial charge in [0.15, 0.2) is 5.82 Å². The Morgan fingerprint density at radius 2 is 1.73 bits per heavy atom. The predicted octanol–water partition coefficient (Wildman–Crippen LogP) is 3.89. The minimum absolute atomic E-state index is 0.0700. The Morgan fingerprint density at radius 3 is 2.46 bits per heavy atom. The first-order chi connectivity index (χ1) is 20.0. The van der Waals surface area contributed by atoms with Crippen molar-refractivity contribution in [2.24, 2.45) is 0 Å². The van der Waals surface area contributed by atoms with Gasteiger partial charge in [0.25, 0.3) is 11.2 Å². The third kappa shape index (κ3) is 5.44. The van der Waals surface area contributed by atoms with Crippen LogP contribution in [0.2, 0.25) is 0 Å². The molecule has 1 aliphatic rings. The number of para-hydroxylation sites is 1. The Labute approximate surface area is 236 Å². The third-order valence-corrected chi connectivity index (χ3v) is 7.78. The standard InChI is InChI=1S/C30H30N8O3/c1-21-6-5-9-23-20-26(30(39)31-27(21)23)28(29-32-33-34-37(29)15-14-22-7-3-2-4-8-22)36-18-16-35(17-19-36)24-10-12-25(13-11-24)38(40)41/h2-13,20,28H,14-19H2,1H3,(H,31,39). The highest BCUT2D eigenvalue weighted by Crippen LogP contribution is 2.30. The second-order valence-electron chi connectivity index (χ2n) is 10.3. The summed E-state index contributed by atoms with van der Waals surface area (Å²) in [4.78, 5) is 31.8. The number of pyridine rings is 1. The molecule has 5 aromatic rings. The van der Waals surface area contributed by atoms with E-state index in [1.165, 1.54) is 17.7 Å². The van der Waals surface area contributed by atoms with Crippen molar-refractivity contribution in [1.29, 1.82) is 0 Å². The number of aromatic amines is 1. The molecule has 1 fully saturated rings. The number of piperazine rings is 1. The summed E-state index contributed by atoms with van der Waals surface area (Å²) in [6, 6.07) is 24.3. The van der Waals surface area contributed by atoms with Crippen molar-refractivity contribution >= 4 is 22.3 Å². The lowest BCUT2D eigenvalue weighted by Gasteiger charge is -2.39. The predicted molar refractivity (Wildman–Crippen MR) is 156 cm³/mol. The number of nitrogens with one attached hydrogen (secondary N) is 1. The van der Waals surface area contributed by atoms with Crippen molar-refractivity contribution in [2.75, 3.05) is 31.1 Å². The molecule has 0 aliphatic carbocycles. The normalized spacial score (nSPS) is 14.8. The van der Waals surface area contributed by atoms with E-state index in [0.29, 0.717) is 44.1 Å². The summed E-state index contributed by atoms with van der Waals surface area (Å²) >= 11 is 0. The minimum atomic E-state index is -0.451. The highest BCUT2D eigenvalue weighted by molar-refractivity contribution is 5.82. The first-order valence-corrected chi connectivity index (χ1v) is 13.6. The molecule has 41 heavy (non-hydrogen) atoms. The molecule has 1 aliphatic heterocycles. The molecule has 11 heteroatoms. The number of benzene rings is 3. The van der Waals surface area contributed by atoms with Crippen LogP contribution in [0.5, 0.6) is 0 Å². The van der Waals surface area contributed by atoms with Crippen LogP contribution in [0.25, 0.3) is 10.9 Å². The third-order valence-electron chi connectivity index (χ3n) is 7.78. The lowest BCUT2D eigenvalue weighted by atomic mass is 10.0. The molecule has 0 amide bonds. The fourth-order valence-corrected chi connectivity index (χ4v) is 5.57. The SMILES string of the molecule is Cc1cccc2cc(C(c3nnnn3CCc3ccccc3)N3CCN(c4ccc([N+](=O)[O-])cc4)CC3)c(=O)[nH]c12. The van der Waals surface area contributed by atoms with Gasteiger partial charge in [-0.1, -0.05) is 48.5 Å². The fraction of sp³-hybridized carbons (Fsp3) is 0.267. The lowest BCUT2D eigenvalue weighted by molar-refractivity contribution is -0.384. The van der Waals surface area contributed by atoms with Crippen molar-refractivity contribution in [1.82, 2.24) is 30.1 Å². The zero-order valence-corrected chi connectivity index (χ0v) is 22.7. The summed E-state index contributed by atoms with van der Waals surface area (Å²) in [5.41, 5.74) is 4.45. The zero-order valence-electron chi connectivity index (χ0n) is 22.7. The summed E-state index contributed by atoms with van der Waals surface area (Å²) in [6.07, 6.45) is 0.757. The summed E-state index contributed by atoms with van der Waals surface area (Å²) in [5, 5.41) is 24.8. The molecule has 1 unspecified atom stereocenters. The van der Waals surface area contributed by atoms with E-state index in [2.05, 4.69) is 42.4 Å². The summed E-state index contributed by atoms with van der Waals surface area (Å²) < 4.78 is 1.81. The molecule has 6 rings (SSSR count). The number of aromatic nitrogens is 5. The van der Waals surface area contributed by atoms with E-state index in [-0.39, 0.29) is 11.2 Å². The van der Waals surface area contributed by atoms with Gasteiger partial charge in [-0.25, -0.2) is 4.68 Å². The van der Waals surface area contributed by atoms with Crippen molar-refractivity contribution < 1.29 is 4.92 Å². The molecule has 3 heterocycles. The Hall–Kier alpha value is -4.90. The Kier molecular flexibility index (Phi) is 7.26. The first-order valence-electron chi connectivity index (χ1n) is 13.6. The molecule has 0 bridgehead atoms. The average Bonchev–Trinajstić information content (AvgIpc) is 3.46. The molecule has 0 saturated carbocycles. The van der Waals surface area contributed by atoms with Crippen LogP contribution in [0.1, 0.15) is 28.6 Å². The smallest absolute Gasteiger partial charge is 0.269 e. The molecule has 1 atom stereocenters. The van der Waals surface area contributed by atoms with Gasteiger partial charge in [0.05, 0.1) is 10.4 Å². The van der Waals surface area contributed by atoms with E-state index in [9.17, 15) is 14.9 Å². The molecule has 208 valence electrons. The Morgan fingerprint density at radius 1 is 0.976 bits per heavy atom. The Balaban J connectivity index is 1.32. The maximum atomic E-state index is 13.6. The van der Waals surface area contributed by atoms with Gasteiger partial charge >= 0.3 is 0 Å². The van der Waals surface area contributed by atoms with Crippen LogP contribution >= 0.6 is 0 Å². The number of nitrogens with zero attached hydrogens (tertiary/aromatic N) is 7. The van der Waals surface area contributed by atoms with Gasteiger partial charge in [0, 0.05) is 56.1 Å². The molecule has 3 aromatic carbocycles. The number of H-pyrrole nitrogens is 1. The van der Waals surface area contributed by atoms with Crippen LogP contribution < -0.4 is 10.5 Å². The molecule has 0 radical (unpaired) electrons. The van der Waals surface area contributed by atoms with Gasteiger partial charge in [0.2, 0.25) is 0 Å². The van der Waals surface area contributed by atoms with Crippen molar-refractivity contribution in [3.8, 4) is 0 Å². The largest absolute Gasteiger partial charge is 0.369 e. The minimum Gasteiger partial charge on any atom is -0.369 e. The number of rotatable bonds is 8. The average molecular weight is 551 g/mol. The van der Waals surface area contributed by atoms with Gasteiger partial charge in [0.1, 0.15) is 6.04 Å². The van der Waals surface area contributed by atoms with E-state index in [1.54, 1.807) is 16.8 Å². The van der Waals surface area contributed by atoms with Gasteiger partial charge in [-0.15, -0.1) is 5.10 Å². The van der Waals surface area contributed by atoms with Gasteiger partial charge in [-0.3, -0.25) is 19.8 Å². The maximum absolute atomic E-state index is 13.6. The van der Waals surface area contributed by atoms with Crippen LogP contribution in [0.4, 0.5) is 11.4 Å². The van der Waals surface area contributed by atoms with Crippen molar-refractivity contribution in [3.63, 3.8) is 0 Å². The van der Waals surface area contributed by atoms with Crippen LogP contribution in [0.3, 0.4) is 0 Å². The number of tetrazole rings is 1. The molecule has 11 nitrogen and oxygen atoms in total. The van der Waals surface area contributed by atoms with Crippen molar-refractivity contribution in [3.05, 3.63) is 122 Å². The number of fused-ring (bicyclic) bond motifs is 1.